The molecule has 0 spiro atoms. The van der Waals surface area contributed by atoms with Crippen LogP contribution in [0.15, 0.2) is 42.6 Å². The van der Waals surface area contributed by atoms with Gasteiger partial charge >= 0.3 is 0 Å². The molecule has 0 aliphatic rings. The number of hydrogen-bond acceptors (Lipinski definition) is 3. The lowest BCUT2D eigenvalue weighted by Crippen LogP contribution is -1.93. The van der Waals surface area contributed by atoms with E-state index in [0.717, 1.165) is 39.1 Å². The molecule has 23 heavy (non-hydrogen) atoms. The van der Waals surface area contributed by atoms with Crippen LogP contribution >= 0.6 is 0 Å². The van der Waals surface area contributed by atoms with E-state index in [2.05, 4.69) is 20.3 Å². The maximum absolute atomic E-state index is 10.7. The molecule has 1 amide bonds. The van der Waals surface area contributed by atoms with Gasteiger partial charge < -0.3 is 20.0 Å². The first kappa shape index (κ1) is 13.4. The summed E-state index contributed by atoms with van der Waals surface area (Å²) in [4.78, 5) is 21.9. The quantitative estimate of drug-likeness (QED) is 0.506. The summed E-state index contributed by atoms with van der Waals surface area (Å²) in [5, 5.41) is 3.70. The number of aromatic nitrogens is 3. The second-order valence-electron chi connectivity index (χ2n) is 5.16. The summed E-state index contributed by atoms with van der Waals surface area (Å²) in [7, 11) is 1.64. The number of nitrogens with one attached hydrogen (secondary N) is 3. The third-order valence-electron chi connectivity index (χ3n) is 3.87. The van der Waals surface area contributed by atoms with Gasteiger partial charge in [-0.25, -0.2) is 4.98 Å². The van der Waals surface area contributed by atoms with Crippen molar-refractivity contribution in [3.8, 4) is 17.1 Å². The molecule has 4 rings (SSSR count). The zero-order valence-corrected chi connectivity index (χ0v) is 12.4. The number of methoxy groups -OCH3 is 1. The van der Waals surface area contributed by atoms with Crippen LogP contribution in [-0.4, -0.2) is 28.5 Å². The minimum absolute atomic E-state index is 0.652. The van der Waals surface area contributed by atoms with Crippen molar-refractivity contribution in [2.75, 3.05) is 12.4 Å². The van der Waals surface area contributed by atoms with Crippen LogP contribution in [0.25, 0.3) is 33.3 Å². The summed E-state index contributed by atoms with van der Waals surface area (Å²) in [5.74, 6) is 1.53. The summed E-state index contributed by atoms with van der Waals surface area (Å²) in [6.45, 7) is 0. The highest BCUT2D eigenvalue weighted by atomic mass is 16.5. The zero-order chi connectivity index (χ0) is 15.8. The highest BCUT2D eigenvalue weighted by Crippen LogP contribution is 2.32. The second-order valence-corrected chi connectivity index (χ2v) is 5.16. The highest BCUT2D eigenvalue weighted by Gasteiger charge is 2.13. The van der Waals surface area contributed by atoms with Gasteiger partial charge in [-0.3, -0.25) is 4.79 Å². The number of anilines is 1. The Balaban J connectivity index is 1.92. The molecule has 0 saturated carbocycles. The van der Waals surface area contributed by atoms with Gasteiger partial charge in [0.25, 0.3) is 0 Å². The lowest BCUT2D eigenvalue weighted by atomic mass is 10.1. The minimum Gasteiger partial charge on any atom is -0.497 e. The molecule has 2 aromatic heterocycles. The molecule has 0 saturated heterocycles. The number of H-pyrrole nitrogens is 2. The molecule has 2 heterocycles. The van der Waals surface area contributed by atoms with Crippen molar-refractivity contribution in [3.63, 3.8) is 0 Å². The number of nitrogens with zero attached hydrogens (tertiary/aromatic N) is 1. The molecule has 0 radical (unpaired) electrons. The summed E-state index contributed by atoms with van der Waals surface area (Å²) >= 11 is 0. The number of hydrogen-bond donors (Lipinski definition) is 3. The summed E-state index contributed by atoms with van der Waals surface area (Å²) in [5.41, 5.74) is 4.23. The summed E-state index contributed by atoms with van der Waals surface area (Å²) in [6.07, 6.45) is 2.56. The molecule has 0 aliphatic heterocycles. The molecule has 4 aromatic rings. The van der Waals surface area contributed by atoms with Crippen molar-refractivity contribution < 1.29 is 9.53 Å². The molecule has 0 aliphatic carbocycles. The summed E-state index contributed by atoms with van der Waals surface area (Å²) in [6, 6.07) is 11.5. The van der Waals surface area contributed by atoms with E-state index < -0.39 is 0 Å². The van der Waals surface area contributed by atoms with Crippen LogP contribution < -0.4 is 10.1 Å². The molecule has 0 atom stereocenters. The monoisotopic (exact) mass is 306 g/mol. The third-order valence-corrected chi connectivity index (χ3v) is 3.87. The third kappa shape index (κ3) is 2.12. The lowest BCUT2D eigenvalue weighted by molar-refractivity contribution is -0.105. The first-order valence-corrected chi connectivity index (χ1v) is 7.14. The van der Waals surface area contributed by atoms with Gasteiger partial charge in [-0.1, -0.05) is 6.07 Å². The van der Waals surface area contributed by atoms with Crippen molar-refractivity contribution in [3.05, 3.63) is 42.6 Å². The van der Waals surface area contributed by atoms with E-state index >= 15 is 0 Å². The van der Waals surface area contributed by atoms with Crippen molar-refractivity contribution >= 4 is 34.0 Å². The van der Waals surface area contributed by atoms with Crippen LogP contribution in [-0.2, 0) is 4.79 Å². The van der Waals surface area contributed by atoms with Crippen molar-refractivity contribution in [2.45, 2.75) is 0 Å². The van der Waals surface area contributed by atoms with Crippen molar-refractivity contribution in [1.82, 2.24) is 15.0 Å². The molecular weight excluding hydrogens is 292 g/mol. The van der Waals surface area contributed by atoms with Gasteiger partial charge in [0, 0.05) is 22.7 Å². The van der Waals surface area contributed by atoms with Gasteiger partial charge in [-0.05, 0) is 30.3 Å². The van der Waals surface area contributed by atoms with E-state index in [1.165, 1.54) is 0 Å². The van der Waals surface area contributed by atoms with Gasteiger partial charge in [-0.2, -0.15) is 0 Å². The van der Waals surface area contributed by atoms with Crippen LogP contribution in [0.5, 0.6) is 5.75 Å². The van der Waals surface area contributed by atoms with E-state index in [1.54, 1.807) is 7.11 Å². The number of carbonyl (C=O) groups excluding carboxylic acids is 1. The molecule has 3 N–H and O–H groups in total. The van der Waals surface area contributed by atoms with Gasteiger partial charge in [0.15, 0.2) is 0 Å². The number of aromatic amines is 2. The maximum Gasteiger partial charge on any atom is 0.211 e. The number of rotatable bonds is 4. The predicted molar refractivity (Wildman–Crippen MR) is 89.6 cm³/mol. The van der Waals surface area contributed by atoms with E-state index in [-0.39, 0.29) is 0 Å². The number of fused-ring (bicyclic) bond motifs is 2. The van der Waals surface area contributed by atoms with Crippen LogP contribution in [0.3, 0.4) is 0 Å². The molecule has 0 bridgehead atoms. The SMILES string of the molecule is COc1ccc2[nH]cc(-c3nc4c(NC=O)cccc4[nH]3)c2c1. The Kier molecular flexibility index (Phi) is 3.01. The normalized spacial score (nSPS) is 11.0. The fraction of sp³-hybridized carbons (Fsp3) is 0.0588. The average molecular weight is 306 g/mol. The predicted octanol–water partition coefficient (Wildman–Crippen LogP) is 3.29. The second kappa shape index (κ2) is 5.17. The molecule has 6 heteroatoms. The Morgan fingerprint density at radius 3 is 2.96 bits per heavy atom. The van der Waals surface area contributed by atoms with Crippen LogP contribution in [0.2, 0.25) is 0 Å². The number of ether oxygens (including phenoxy) is 1. The van der Waals surface area contributed by atoms with Crippen LogP contribution in [0.1, 0.15) is 0 Å². The highest BCUT2D eigenvalue weighted by molar-refractivity contribution is 5.99. The Morgan fingerprint density at radius 1 is 1.22 bits per heavy atom. The van der Waals surface area contributed by atoms with E-state index in [9.17, 15) is 4.79 Å². The fourth-order valence-electron chi connectivity index (χ4n) is 2.76. The molecule has 0 fully saturated rings. The number of para-hydroxylation sites is 1. The molecule has 6 nitrogen and oxygen atoms in total. The molecule has 2 aromatic carbocycles. The zero-order valence-electron chi connectivity index (χ0n) is 12.4. The Bertz CT molecular complexity index is 1020. The largest absolute Gasteiger partial charge is 0.497 e. The van der Waals surface area contributed by atoms with Crippen LogP contribution in [0.4, 0.5) is 5.69 Å². The number of carbonyl (C=O) groups is 1. The first-order valence-electron chi connectivity index (χ1n) is 7.14. The first-order chi connectivity index (χ1) is 11.3. The van der Waals surface area contributed by atoms with E-state index in [0.29, 0.717) is 12.1 Å². The lowest BCUT2D eigenvalue weighted by Gasteiger charge is -2.00. The van der Waals surface area contributed by atoms with Gasteiger partial charge in [0.1, 0.15) is 17.1 Å². The van der Waals surface area contributed by atoms with Gasteiger partial charge in [-0.15, -0.1) is 0 Å². The van der Waals surface area contributed by atoms with Gasteiger partial charge in [0.05, 0.1) is 18.3 Å². The van der Waals surface area contributed by atoms with Crippen molar-refractivity contribution in [2.24, 2.45) is 0 Å². The van der Waals surface area contributed by atoms with Crippen molar-refractivity contribution in [1.29, 1.82) is 0 Å². The number of benzene rings is 2. The molecule has 114 valence electrons. The van der Waals surface area contributed by atoms with E-state index in [1.807, 2.05) is 42.6 Å². The Labute approximate surface area is 131 Å². The van der Waals surface area contributed by atoms with Crippen LogP contribution in [0, 0.1) is 0 Å². The average Bonchev–Trinajstić information content (AvgIpc) is 3.18. The standard InChI is InChI=1S/C17H14N4O2/c1-23-10-5-6-13-11(7-10)12(8-18-13)17-20-15-4-2-3-14(19-9-22)16(15)21-17/h2-9,18H,1H3,(H,19,22)(H,20,21). The van der Waals surface area contributed by atoms with Gasteiger partial charge in [0.2, 0.25) is 6.41 Å². The maximum atomic E-state index is 10.7. The number of amides is 1. The topological polar surface area (TPSA) is 82.8 Å². The fourth-order valence-corrected chi connectivity index (χ4v) is 2.76. The minimum atomic E-state index is 0.652. The Morgan fingerprint density at radius 2 is 2.13 bits per heavy atom. The number of imidazole rings is 1. The molecule has 0 unspecified atom stereocenters. The smallest absolute Gasteiger partial charge is 0.211 e. The Hall–Kier alpha value is -3.28. The van der Waals surface area contributed by atoms with E-state index in [4.69, 9.17) is 4.74 Å². The molecular formula is C17H14N4O2. The summed E-state index contributed by atoms with van der Waals surface area (Å²) < 4.78 is 5.30.